The molecule has 2 unspecified atom stereocenters. The second-order valence-corrected chi connectivity index (χ2v) is 7.95. The summed E-state index contributed by atoms with van der Waals surface area (Å²) in [5.74, 6) is -0.177. The molecule has 0 amide bonds. The average Bonchev–Trinajstić information content (AvgIpc) is 3.22. The van der Waals surface area contributed by atoms with Crippen molar-refractivity contribution in [1.29, 1.82) is 0 Å². The topological polar surface area (TPSA) is 65.7 Å². The molecule has 1 aromatic rings. The van der Waals surface area contributed by atoms with Gasteiger partial charge in [0.25, 0.3) is 0 Å². The van der Waals surface area contributed by atoms with Crippen LogP contribution in [0.3, 0.4) is 0 Å². The van der Waals surface area contributed by atoms with Crippen molar-refractivity contribution < 1.29 is 23.5 Å². The molecule has 0 aliphatic heterocycles. The van der Waals surface area contributed by atoms with Crippen LogP contribution >= 0.6 is 0 Å². The van der Waals surface area contributed by atoms with Crippen LogP contribution in [0.4, 0.5) is 0 Å². The van der Waals surface area contributed by atoms with Crippen LogP contribution in [0.25, 0.3) is 0 Å². The quantitative estimate of drug-likeness (QED) is 0.281. The molecule has 0 aromatic carbocycles. The third-order valence-electron chi connectivity index (χ3n) is 5.23. The molecule has 0 radical (unpaired) electrons. The van der Waals surface area contributed by atoms with E-state index in [-0.39, 0.29) is 11.5 Å². The molecule has 1 rings (SSSR count). The van der Waals surface area contributed by atoms with Gasteiger partial charge in [0.05, 0.1) is 13.2 Å². The fourth-order valence-corrected chi connectivity index (χ4v) is 3.51. The second-order valence-electron chi connectivity index (χ2n) is 7.95. The van der Waals surface area contributed by atoms with Gasteiger partial charge < -0.3 is 13.9 Å². The zero-order valence-corrected chi connectivity index (χ0v) is 18.8. The molecule has 0 bridgehead atoms. The minimum Gasteiger partial charge on any atom is -0.460 e. The summed E-state index contributed by atoms with van der Waals surface area (Å²) in [4.78, 5) is 24.5. The molecule has 0 fully saturated rings. The Hall–Kier alpha value is -1.78. The summed E-state index contributed by atoms with van der Waals surface area (Å²) >= 11 is 0. The third kappa shape index (κ3) is 10.00. The molecule has 2 atom stereocenters. The molecule has 0 aliphatic rings. The highest BCUT2D eigenvalue weighted by molar-refractivity contribution is 5.90. The van der Waals surface area contributed by atoms with E-state index in [9.17, 15) is 9.59 Å². The number of rotatable bonds is 16. The van der Waals surface area contributed by atoms with E-state index >= 15 is 0 Å². The lowest BCUT2D eigenvalue weighted by Crippen LogP contribution is -2.15. The largest absolute Gasteiger partial charge is 0.460 e. The van der Waals surface area contributed by atoms with Crippen LogP contribution in [0, 0.1) is 11.8 Å². The smallest absolute Gasteiger partial charge is 0.374 e. The molecule has 5 nitrogen and oxygen atoms in total. The molecule has 1 heterocycles. The fraction of sp³-hybridized carbons (Fsp3) is 0.750. The first-order valence-corrected chi connectivity index (χ1v) is 11.5. The van der Waals surface area contributed by atoms with Crippen molar-refractivity contribution in [1.82, 2.24) is 0 Å². The Balaban J connectivity index is 2.52. The average molecular weight is 409 g/mol. The normalized spacial score (nSPS) is 13.1. The van der Waals surface area contributed by atoms with Gasteiger partial charge in [-0.05, 0) is 49.7 Å². The van der Waals surface area contributed by atoms with E-state index in [1.54, 1.807) is 0 Å². The summed E-state index contributed by atoms with van der Waals surface area (Å²) < 4.78 is 16.3. The second kappa shape index (κ2) is 15.1. The van der Waals surface area contributed by atoms with Crippen molar-refractivity contribution in [3.63, 3.8) is 0 Å². The first-order chi connectivity index (χ1) is 14.0. The maximum Gasteiger partial charge on any atom is 0.374 e. The van der Waals surface area contributed by atoms with E-state index in [0.29, 0.717) is 25.0 Å². The highest BCUT2D eigenvalue weighted by Crippen LogP contribution is 2.19. The van der Waals surface area contributed by atoms with E-state index in [2.05, 4.69) is 27.7 Å². The van der Waals surface area contributed by atoms with Gasteiger partial charge in [-0.15, -0.1) is 0 Å². The molecule has 0 spiro atoms. The molecular weight excluding hydrogens is 368 g/mol. The molecule has 0 aliphatic carbocycles. The van der Waals surface area contributed by atoms with Crippen molar-refractivity contribution in [2.45, 2.75) is 91.9 Å². The Kier molecular flexibility index (Phi) is 13.2. The molecule has 0 saturated carbocycles. The van der Waals surface area contributed by atoms with Crippen molar-refractivity contribution in [2.24, 2.45) is 11.8 Å². The van der Waals surface area contributed by atoms with Crippen LogP contribution in [-0.2, 0) is 9.47 Å². The third-order valence-corrected chi connectivity index (χ3v) is 5.23. The Bertz CT molecular complexity index is 529. The van der Waals surface area contributed by atoms with Crippen LogP contribution < -0.4 is 0 Å². The Labute approximate surface area is 176 Å². The number of unbranched alkanes of at least 4 members (excludes halogenated alkanes) is 2. The van der Waals surface area contributed by atoms with Gasteiger partial charge in [0.1, 0.15) is 0 Å². The van der Waals surface area contributed by atoms with Crippen molar-refractivity contribution in [3.8, 4) is 0 Å². The van der Waals surface area contributed by atoms with Crippen molar-refractivity contribution in [3.05, 3.63) is 23.7 Å². The van der Waals surface area contributed by atoms with E-state index in [0.717, 1.165) is 64.2 Å². The maximum atomic E-state index is 12.3. The number of furan rings is 1. The van der Waals surface area contributed by atoms with Gasteiger partial charge in [-0.3, -0.25) is 0 Å². The fourth-order valence-electron chi connectivity index (χ4n) is 3.51. The van der Waals surface area contributed by atoms with E-state index in [4.69, 9.17) is 13.9 Å². The molecule has 0 N–H and O–H groups in total. The molecule has 1 aromatic heterocycles. The van der Waals surface area contributed by atoms with Crippen LogP contribution in [0.5, 0.6) is 0 Å². The minimum absolute atomic E-state index is 0.0544. The number of hydrogen-bond donors (Lipinski definition) is 0. The SMILES string of the molecule is CCCCC(CCC)COC(=O)c1ccc(C(=O)OCC(CCC)CCCC)o1. The number of hydrogen-bond acceptors (Lipinski definition) is 5. The molecule has 166 valence electrons. The summed E-state index contributed by atoms with van der Waals surface area (Å²) in [5.41, 5.74) is 0. The number of carbonyl (C=O) groups is 2. The van der Waals surface area contributed by atoms with Crippen LogP contribution in [0.2, 0.25) is 0 Å². The van der Waals surface area contributed by atoms with Gasteiger partial charge in [-0.1, -0.05) is 66.2 Å². The predicted molar refractivity (Wildman–Crippen MR) is 115 cm³/mol. The van der Waals surface area contributed by atoms with Crippen LogP contribution in [0.1, 0.15) is 113 Å². The predicted octanol–water partition coefficient (Wildman–Crippen LogP) is 6.81. The van der Waals surface area contributed by atoms with Gasteiger partial charge in [0, 0.05) is 0 Å². The Morgan fingerprint density at radius 1 is 0.724 bits per heavy atom. The number of carbonyl (C=O) groups excluding carboxylic acids is 2. The highest BCUT2D eigenvalue weighted by Gasteiger charge is 2.20. The lowest BCUT2D eigenvalue weighted by Gasteiger charge is -2.15. The van der Waals surface area contributed by atoms with Crippen molar-refractivity contribution >= 4 is 11.9 Å². The standard InChI is InChI=1S/C24H40O5/c1-5-9-13-19(11-7-3)17-27-23(25)21-15-16-22(29-21)24(26)28-18-20(12-8-4)14-10-6-2/h15-16,19-20H,5-14,17-18H2,1-4H3. The van der Waals surface area contributed by atoms with Crippen LogP contribution in [-0.4, -0.2) is 25.2 Å². The summed E-state index contributed by atoms with van der Waals surface area (Å²) in [7, 11) is 0. The zero-order chi connectivity index (χ0) is 21.5. The van der Waals surface area contributed by atoms with Gasteiger partial charge in [-0.2, -0.15) is 0 Å². The maximum absolute atomic E-state index is 12.3. The lowest BCUT2D eigenvalue weighted by atomic mass is 9.98. The van der Waals surface area contributed by atoms with Crippen molar-refractivity contribution in [2.75, 3.05) is 13.2 Å². The van der Waals surface area contributed by atoms with E-state index in [1.807, 2.05) is 0 Å². The van der Waals surface area contributed by atoms with Gasteiger partial charge >= 0.3 is 11.9 Å². The van der Waals surface area contributed by atoms with E-state index in [1.165, 1.54) is 12.1 Å². The summed E-state index contributed by atoms with van der Waals surface area (Å²) in [6.07, 6.45) is 10.9. The number of esters is 2. The van der Waals surface area contributed by atoms with Crippen LogP contribution in [0.15, 0.2) is 16.5 Å². The van der Waals surface area contributed by atoms with Gasteiger partial charge in [0.15, 0.2) is 0 Å². The monoisotopic (exact) mass is 408 g/mol. The molecule has 29 heavy (non-hydrogen) atoms. The summed E-state index contributed by atoms with van der Waals surface area (Å²) in [6, 6.07) is 2.97. The highest BCUT2D eigenvalue weighted by atomic mass is 16.6. The Morgan fingerprint density at radius 3 is 1.48 bits per heavy atom. The molecule has 0 saturated heterocycles. The lowest BCUT2D eigenvalue weighted by molar-refractivity contribution is 0.0353. The number of ether oxygens (including phenoxy) is 2. The first-order valence-electron chi connectivity index (χ1n) is 11.5. The molecule has 5 heteroatoms. The zero-order valence-electron chi connectivity index (χ0n) is 18.8. The minimum atomic E-state index is -0.520. The molecular formula is C24H40O5. The Morgan fingerprint density at radius 2 is 1.14 bits per heavy atom. The van der Waals surface area contributed by atoms with Gasteiger partial charge in [-0.25, -0.2) is 9.59 Å². The summed E-state index contributed by atoms with van der Waals surface area (Å²) in [6.45, 7) is 9.38. The van der Waals surface area contributed by atoms with E-state index < -0.39 is 11.9 Å². The first kappa shape index (κ1) is 25.3. The summed E-state index contributed by atoms with van der Waals surface area (Å²) in [5, 5.41) is 0. The van der Waals surface area contributed by atoms with Gasteiger partial charge in [0.2, 0.25) is 11.5 Å².